The van der Waals surface area contributed by atoms with Gasteiger partial charge in [-0.3, -0.25) is 24.0 Å². The predicted molar refractivity (Wildman–Crippen MR) is 160 cm³/mol. The van der Waals surface area contributed by atoms with Crippen molar-refractivity contribution in [3.05, 3.63) is 42.0 Å². The number of rotatable bonds is 15. The number of methoxy groups -OCH3 is 1. The molecule has 1 fully saturated rings. The summed E-state index contributed by atoms with van der Waals surface area (Å²) in [6.07, 6.45) is -5.50. The molecule has 1 heterocycles. The summed E-state index contributed by atoms with van der Waals surface area (Å²) in [5, 5.41) is 2.65. The molecular weight excluding hydrogens is 629 g/mol. The van der Waals surface area contributed by atoms with E-state index < -0.39 is 72.3 Å². The molecule has 262 valence electrons. The van der Waals surface area contributed by atoms with E-state index in [1.165, 1.54) is 23.1 Å². The summed E-state index contributed by atoms with van der Waals surface area (Å²) in [6, 6.07) is 4.06. The van der Waals surface area contributed by atoms with Gasteiger partial charge in [-0.1, -0.05) is 38.5 Å². The highest BCUT2D eigenvalue weighted by atomic mass is 19.4. The first kappa shape index (κ1) is 39.0. The fraction of sp³-hybridized carbons (Fsp3) is 0.594. The minimum atomic E-state index is -4.84. The Bertz CT molecular complexity index is 1250. The third kappa shape index (κ3) is 13.2. The second-order valence-electron chi connectivity index (χ2n) is 11.2. The molecule has 0 aromatic heterocycles. The molecule has 0 saturated carbocycles. The number of esters is 3. The Kier molecular flexibility index (Phi) is 15.2. The minimum absolute atomic E-state index is 0.0371. The van der Waals surface area contributed by atoms with Gasteiger partial charge < -0.3 is 33.9 Å². The summed E-state index contributed by atoms with van der Waals surface area (Å²) in [5.74, 6) is -4.07. The van der Waals surface area contributed by atoms with Crippen LogP contribution in [0.25, 0.3) is 0 Å². The summed E-state index contributed by atoms with van der Waals surface area (Å²) in [6.45, 7) is 7.54. The number of carbonyl (C=O) groups is 5. The maximum atomic E-state index is 13.7. The van der Waals surface area contributed by atoms with E-state index in [9.17, 15) is 37.1 Å². The SMILES string of the molecule is CCC(C)/C=C/[C@@H](OC(C)=O)[C@H](OC(C)=O)[C@@H](OC(C)=O)[C@@H](OC)C(=O)N[C@H]1CCCCN(Cc2ccc(OC(F)(F)F)cc2)C1=O. The molecule has 2 amide bonds. The zero-order valence-electron chi connectivity index (χ0n) is 27.3. The third-order valence-corrected chi connectivity index (χ3v) is 7.27. The molecule has 1 aliphatic heterocycles. The number of halogens is 3. The number of nitrogens with one attached hydrogen (secondary N) is 1. The molecule has 1 aromatic rings. The van der Waals surface area contributed by atoms with E-state index in [1.54, 1.807) is 6.08 Å². The van der Waals surface area contributed by atoms with Gasteiger partial charge in [0.05, 0.1) is 0 Å². The van der Waals surface area contributed by atoms with Crippen LogP contribution in [0.5, 0.6) is 5.75 Å². The number of hydrogen-bond acceptors (Lipinski definition) is 10. The molecule has 6 atom stereocenters. The van der Waals surface area contributed by atoms with Gasteiger partial charge in [0.15, 0.2) is 24.4 Å². The standard InChI is InChI=1S/C32H43F3N2O10/c1-7-19(2)11-16-26(44-20(3)38)27(45-21(4)39)28(46-22(5)40)29(43-6)30(41)36-25-10-8-9-17-37(31(25)42)18-23-12-14-24(15-13-23)47-32(33,34)35/h11-16,19,25-29H,7-10,17-18H2,1-6H3,(H,36,41)/b16-11+/t19?,25-,26+,27-,28+,29+/m0/s1. The van der Waals surface area contributed by atoms with Crippen molar-refractivity contribution in [3.8, 4) is 5.75 Å². The molecule has 1 aromatic carbocycles. The number of allylic oxidation sites excluding steroid dienone is 1. The average molecular weight is 673 g/mol. The van der Waals surface area contributed by atoms with E-state index in [1.807, 2.05) is 13.8 Å². The van der Waals surface area contributed by atoms with Gasteiger partial charge in [0.2, 0.25) is 5.91 Å². The Morgan fingerprint density at radius 2 is 1.55 bits per heavy atom. The average Bonchev–Trinajstić information content (AvgIpc) is 3.14. The van der Waals surface area contributed by atoms with Crippen LogP contribution in [0.3, 0.4) is 0 Å². The number of alkyl halides is 3. The van der Waals surface area contributed by atoms with Gasteiger partial charge in [-0.2, -0.15) is 0 Å². The molecule has 1 aliphatic rings. The van der Waals surface area contributed by atoms with Gasteiger partial charge in [0.25, 0.3) is 5.91 Å². The molecule has 1 N–H and O–H groups in total. The first-order valence-corrected chi connectivity index (χ1v) is 15.2. The Hall–Kier alpha value is -4.14. The molecule has 0 radical (unpaired) electrons. The van der Waals surface area contributed by atoms with Crippen molar-refractivity contribution in [2.75, 3.05) is 13.7 Å². The summed E-state index contributed by atoms with van der Waals surface area (Å²) in [7, 11) is 1.16. The van der Waals surface area contributed by atoms with Crippen molar-refractivity contribution in [3.63, 3.8) is 0 Å². The Labute approximate surface area is 271 Å². The number of carbonyl (C=O) groups excluding carboxylic acids is 5. The lowest BCUT2D eigenvalue weighted by molar-refractivity contribution is -0.274. The highest BCUT2D eigenvalue weighted by Crippen LogP contribution is 2.25. The zero-order chi connectivity index (χ0) is 35.3. The monoisotopic (exact) mass is 672 g/mol. The van der Waals surface area contributed by atoms with Gasteiger partial charge in [-0.15, -0.1) is 13.2 Å². The Balaban J connectivity index is 2.35. The van der Waals surface area contributed by atoms with Crippen LogP contribution in [-0.2, 0) is 49.5 Å². The maximum Gasteiger partial charge on any atom is 0.573 e. The normalized spacial score (nSPS) is 18.7. The number of amides is 2. The molecular formula is C32H43F3N2O10. The second kappa shape index (κ2) is 18.3. The predicted octanol–water partition coefficient (Wildman–Crippen LogP) is 3.99. The van der Waals surface area contributed by atoms with E-state index in [0.29, 0.717) is 24.9 Å². The highest BCUT2D eigenvalue weighted by Gasteiger charge is 2.45. The summed E-state index contributed by atoms with van der Waals surface area (Å²) in [5.41, 5.74) is 0.538. The van der Waals surface area contributed by atoms with Crippen LogP contribution in [0.2, 0.25) is 0 Å². The largest absolute Gasteiger partial charge is 0.573 e. The summed E-state index contributed by atoms with van der Waals surface area (Å²) < 4.78 is 63.3. The van der Waals surface area contributed by atoms with E-state index in [4.69, 9.17) is 18.9 Å². The van der Waals surface area contributed by atoms with E-state index in [-0.39, 0.29) is 18.9 Å². The van der Waals surface area contributed by atoms with Gasteiger partial charge in [0, 0.05) is 41.0 Å². The number of hydrogen-bond donors (Lipinski definition) is 1. The summed E-state index contributed by atoms with van der Waals surface area (Å²) >= 11 is 0. The first-order chi connectivity index (χ1) is 22.0. The fourth-order valence-electron chi connectivity index (χ4n) is 4.91. The van der Waals surface area contributed by atoms with Crippen molar-refractivity contribution >= 4 is 29.7 Å². The van der Waals surface area contributed by atoms with E-state index in [2.05, 4.69) is 10.1 Å². The topological polar surface area (TPSA) is 147 Å². The molecule has 47 heavy (non-hydrogen) atoms. The van der Waals surface area contributed by atoms with Crippen molar-refractivity contribution in [1.82, 2.24) is 10.2 Å². The van der Waals surface area contributed by atoms with Crippen LogP contribution in [0.15, 0.2) is 36.4 Å². The van der Waals surface area contributed by atoms with Gasteiger partial charge in [-0.25, -0.2) is 0 Å². The van der Waals surface area contributed by atoms with Crippen molar-refractivity contribution in [2.45, 2.75) is 104 Å². The first-order valence-electron chi connectivity index (χ1n) is 15.2. The lowest BCUT2D eigenvalue weighted by atomic mass is 9.98. The number of nitrogens with zero attached hydrogens (tertiary/aromatic N) is 1. The fourth-order valence-corrected chi connectivity index (χ4v) is 4.91. The number of likely N-dealkylation sites (tertiary alicyclic amines) is 1. The smallest absolute Gasteiger partial charge is 0.455 e. The molecule has 15 heteroatoms. The molecule has 12 nitrogen and oxygen atoms in total. The Morgan fingerprint density at radius 3 is 2.09 bits per heavy atom. The molecule has 0 spiro atoms. The molecule has 2 rings (SSSR count). The quantitative estimate of drug-likeness (QED) is 0.165. The minimum Gasteiger partial charge on any atom is -0.455 e. The van der Waals surface area contributed by atoms with Crippen LogP contribution in [0.4, 0.5) is 13.2 Å². The van der Waals surface area contributed by atoms with Gasteiger partial charge >= 0.3 is 24.3 Å². The van der Waals surface area contributed by atoms with Crippen LogP contribution < -0.4 is 10.1 Å². The van der Waals surface area contributed by atoms with Crippen molar-refractivity contribution in [2.24, 2.45) is 5.92 Å². The van der Waals surface area contributed by atoms with Crippen LogP contribution in [-0.4, -0.2) is 85.1 Å². The van der Waals surface area contributed by atoms with Gasteiger partial charge in [-0.05, 0) is 49.0 Å². The molecule has 0 bridgehead atoms. The number of benzene rings is 1. The molecule has 0 aliphatic carbocycles. The lowest BCUT2D eigenvalue weighted by Crippen LogP contribution is -2.58. The maximum absolute atomic E-state index is 13.7. The lowest BCUT2D eigenvalue weighted by Gasteiger charge is -2.34. The van der Waals surface area contributed by atoms with Crippen molar-refractivity contribution < 1.29 is 60.8 Å². The molecule has 1 unspecified atom stereocenters. The zero-order valence-corrected chi connectivity index (χ0v) is 27.3. The van der Waals surface area contributed by atoms with Gasteiger partial charge in [0.1, 0.15) is 11.8 Å². The highest BCUT2D eigenvalue weighted by molar-refractivity contribution is 5.90. The summed E-state index contributed by atoms with van der Waals surface area (Å²) in [4.78, 5) is 65.2. The Morgan fingerprint density at radius 1 is 0.957 bits per heavy atom. The second-order valence-corrected chi connectivity index (χ2v) is 11.2. The van der Waals surface area contributed by atoms with Crippen LogP contribution in [0, 0.1) is 5.92 Å². The van der Waals surface area contributed by atoms with Crippen molar-refractivity contribution in [1.29, 1.82) is 0 Å². The van der Waals surface area contributed by atoms with E-state index in [0.717, 1.165) is 46.4 Å². The third-order valence-electron chi connectivity index (χ3n) is 7.27. The van der Waals surface area contributed by atoms with E-state index >= 15 is 0 Å². The van der Waals surface area contributed by atoms with Crippen LogP contribution in [0.1, 0.15) is 65.9 Å². The van der Waals surface area contributed by atoms with Crippen LogP contribution >= 0.6 is 0 Å². The number of ether oxygens (including phenoxy) is 5. The molecule has 1 saturated heterocycles.